The molecule has 0 unspecified atom stereocenters. The van der Waals surface area contributed by atoms with Crippen LogP contribution in [-0.4, -0.2) is 42.0 Å². The number of anilines is 1. The maximum atomic E-state index is 12.5. The van der Waals surface area contributed by atoms with Crippen LogP contribution in [0, 0.1) is 0 Å². The Hall–Kier alpha value is -2.41. The molecule has 0 fully saturated rings. The molecule has 1 aliphatic heterocycles. The highest BCUT2D eigenvalue weighted by Crippen LogP contribution is 2.36. The summed E-state index contributed by atoms with van der Waals surface area (Å²) in [7, 11) is 0. The Bertz CT molecular complexity index is 600. The van der Waals surface area contributed by atoms with E-state index in [1.807, 2.05) is 26.0 Å². The smallest absolute Gasteiger partial charge is 0.310 e. The van der Waals surface area contributed by atoms with Gasteiger partial charge < -0.3 is 20.6 Å². The van der Waals surface area contributed by atoms with Crippen LogP contribution >= 0.6 is 0 Å². The molecule has 0 saturated heterocycles. The van der Waals surface area contributed by atoms with Crippen LogP contribution in [0.4, 0.5) is 5.69 Å². The van der Waals surface area contributed by atoms with Crippen molar-refractivity contribution in [3.63, 3.8) is 0 Å². The van der Waals surface area contributed by atoms with E-state index in [0.717, 1.165) is 5.69 Å². The Morgan fingerprint density at radius 1 is 1.27 bits per heavy atom. The predicted octanol–water partition coefficient (Wildman–Crippen LogP) is -0.293. The van der Waals surface area contributed by atoms with Gasteiger partial charge in [-0.2, -0.15) is 0 Å². The van der Waals surface area contributed by atoms with E-state index in [9.17, 15) is 14.4 Å². The van der Waals surface area contributed by atoms with E-state index < -0.39 is 17.9 Å². The zero-order chi connectivity index (χ0) is 16.3. The molecule has 0 spiro atoms. The molecule has 7 heteroatoms. The molecule has 3 N–H and O–H groups in total. The Morgan fingerprint density at radius 3 is 2.59 bits per heavy atom. The van der Waals surface area contributed by atoms with E-state index in [2.05, 4.69) is 10.6 Å². The molecule has 118 valence electrons. The molecule has 7 nitrogen and oxygen atoms in total. The first-order valence-electron chi connectivity index (χ1n) is 7.09. The second-order valence-electron chi connectivity index (χ2n) is 5.25. The molecule has 0 aromatic heterocycles. The zero-order valence-electron chi connectivity index (χ0n) is 12.5. The molecule has 0 saturated carbocycles. The van der Waals surface area contributed by atoms with Crippen LogP contribution in [0.25, 0.3) is 0 Å². The fraction of sp³-hybridized carbons (Fsp3) is 0.400. The van der Waals surface area contributed by atoms with Crippen molar-refractivity contribution in [2.45, 2.75) is 25.9 Å². The Balaban J connectivity index is 2.20. The first-order chi connectivity index (χ1) is 10.5. The van der Waals surface area contributed by atoms with Crippen molar-refractivity contribution < 1.29 is 19.5 Å². The van der Waals surface area contributed by atoms with Gasteiger partial charge in [0, 0.05) is 23.8 Å². The quantitative estimate of drug-likeness (QED) is 0.666. The van der Waals surface area contributed by atoms with Crippen molar-refractivity contribution in [1.82, 2.24) is 10.6 Å². The van der Waals surface area contributed by atoms with Crippen molar-refractivity contribution in [1.29, 1.82) is 0 Å². The number of amides is 3. The van der Waals surface area contributed by atoms with Gasteiger partial charge in [-0.15, -0.1) is 0 Å². The first-order valence-corrected chi connectivity index (χ1v) is 7.09. The van der Waals surface area contributed by atoms with Gasteiger partial charge in [0.1, 0.15) is 6.04 Å². The number of nitrogens with one attached hydrogen (secondary N) is 2. The molecule has 22 heavy (non-hydrogen) atoms. The summed E-state index contributed by atoms with van der Waals surface area (Å²) >= 11 is 0. The van der Waals surface area contributed by atoms with Gasteiger partial charge in [-0.1, -0.05) is 18.2 Å². The molecule has 2 rings (SSSR count). The van der Waals surface area contributed by atoms with Gasteiger partial charge in [0.25, 0.3) is 5.91 Å². The molecular weight excluding hydrogens is 286 g/mol. The summed E-state index contributed by atoms with van der Waals surface area (Å²) in [5, 5.41) is 13.3. The summed E-state index contributed by atoms with van der Waals surface area (Å²) in [5.74, 6) is -2.03. The number of hydrogen-bond acceptors (Lipinski definition) is 4. The number of para-hydroxylation sites is 1. The van der Waals surface area contributed by atoms with Crippen molar-refractivity contribution in [2.24, 2.45) is 0 Å². The second-order valence-corrected chi connectivity index (χ2v) is 5.25. The monoisotopic (exact) mass is 305 g/mol. The normalized spacial score (nSPS) is 16.6. The number of aliphatic hydroxyl groups is 1. The highest BCUT2D eigenvalue weighted by molar-refractivity contribution is 6.35. The van der Waals surface area contributed by atoms with Crippen molar-refractivity contribution >= 4 is 23.4 Å². The van der Waals surface area contributed by atoms with E-state index in [1.165, 1.54) is 0 Å². The van der Waals surface area contributed by atoms with Crippen LogP contribution in [-0.2, 0) is 14.4 Å². The minimum Gasteiger partial charge on any atom is -0.395 e. The Labute approximate surface area is 128 Å². The van der Waals surface area contributed by atoms with Gasteiger partial charge in [-0.25, -0.2) is 0 Å². The van der Waals surface area contributed by atoms with E-state index in [0.29, 0.717) is 5.56 Å². The van der Waals surface area contributed by atoms with E-state index in [1.54, 1.807) is 17.0 Å². The van der Waals surface area contributed by atoms with Gasteiger partial charge in [-0.3, -0.25) is 14.4 Å². The number of nitrogens with zero attached hydrogens (tertiary/aromatic N) is 1. The van der Waals surface area contributed by atoms with Crippen LogP contribution in [0.2, 0.25) is 0 Å². The molecule has 1 aromatic carbocycles. The first kappa shape index (κ1) is 16.0. The molecule has 0 bridgehead atoms. The maximum Gasteiger partial charge on any atom is 0.310 e. The highest BCUT2D eigenvalue weighted by atomic mass is 16.3. The van der Waals surface area contributed by atoms with E-state index >= 15 is 0 Å². The van der Waals surface area contributed by atoms with Crippen LogP contribution in [0.1, 0.15) is 25.5 Å². The second kappa shape index (κ2) is 6.57. The molecule has 0 radical (unpaired) electrons. The average molecular weight is 305 g/mol. The van der Waals surface area contributed by atoms with Gasteiger partial charge in [0.15, 0.2) is 0 Å². The Morgan fingerprint density at radius 2 is 1.95 bits per heavy atom. The lowest BCUT2D eigenvalue weighted by Gasteiger charge is -2.22. The third-order valence-electron chi connectivity index (χ3n) is 3.39. The molecule has 1 atom stereocenters. The largest absolute Gasteiger partial charge is 0.395 e. The lowest BCUT2D eigenvalue weighted by Crippen LogP contribution is -2.46. The van der Waals surface area contributed by atoms with E-state index in [-0.39, 0.29) is 25.1 Å². The number of fused-ring (bicyclic) bond motifs is 1. The number of carbonyl (C=O) groups excluding carboxylic acids is 3. The lowest BCUT2D eigenvalue weighted by atomic mass is 10.1. The van der Waals surface area contributed by atoms with Crippen LogP contribution in [0.3, 0.4) is 0 Å². The molecule has 0 aliphatic carbocycles. The number of benzene rings is 1. The third-order valence-corrected chi connectivity index (χ3v) is 3.39. The summed E-state index contributed by atoms with van der Waals surface area (Å²) in [4.78, 5) is 37.5. The van der Waals surface area contributed by atoms with Gasteiger partial charge in [-0.05, 0) is 19.9 Å². The summed E-state index contributed by atoms with van der Waals surface area (Å²) in [6.45, 7) is 3.49. The van der Waals surface area contributed by atoms with Crippen LogP contribution in [0.5, 0.6) is 0 Å². The van der Waals surface area contributed by atoms with Crippen molar-refractivity contribution in [2.75, 3.05) is 18.1 Å². The number of aliphatic hydroxyl groups excluding tert-OH is 1. The van der Waals surface area contributed by atoms with Gasteiger partial charge in [0.05, 0.1) is 6.61 Å². The van der Waals surface area contributed by atoms with Crippen molar-refractivity contribution in [3.05, 3.63) is 29.8 Å². The Kier molecular flexibility index (Phi) is 4.77. The van der Waals surface area contributed by atoms with E-state index in [4.69, 9.17) is 5.11 Å². The predicted molar refractivity (Wildman–Crippen MR) is 80.0 cm³/mol. The molecule has 3 amide bonds. The fourth-order valence-electron chi connectivity index (χ4n) is 2.46. The molecule has 1 aromatic rings. The van der Waals surface area contributed by atoms with Crippen LogP contribution in [0.15, 0.2) is 24.3 Å². The maximum absolute atomic E-state index is 12.5. The minimum atomic E-state index is -0.896. The summed E-state index contributed by atoms with van der Waals surface area (Å²) in [6, 6.07) is 6.24. The molecular formula is C15H19N3O4. The number of hydrogen-bond donors (Lipinski definition) is 3. The van der Waals surface area contributed by atoms with Gasteiger partial charge >= 0.3 is 11.8 Å². The third kappa shape index (κ3) is 2.94. The average Bonchev–Trinajstić information content (AvgIpc) is 2.77. The standard InChI is InChI=1S/C15H19N3O4/c1-9(2)18-11-6-4-3-5-10(11)12(15(18)22)17-14(21)13(20)16-7-8-19/h3-6,9,12,19H,7-8H2,1-2H3,(H,16,20)(H,17,21)/t12-/m1/s1. The topological polar surface area (TPSA) is 98.7 Å². The molecule has 1 heterocycles. The SMILES string of the molecule is CC(C)N1C(=O)[C@H](NC(=O)C(=O)NCCO)c2ccccc21. The highest BCUT2D eigenvalue weighted by Gasteiger charge is 2.39. The number of carbonyl (C=O) groups is 3. The zero-order valence-corrected chi connectivity index (χ0v) is 12.5. The fourth-order valence-corrected chi connectivity index (χ4v) is 2.46. The van der Waals surface area contributed by atoms with Crippen LogP contribution < -0.4 is 15.5 Å². The number of rotatable bonds is 4. The molecule has 1 aliphatic rings. The summed E-state index contributed by atoms with van der Waals surface area (Å²) < 4.78 is 0. The lowest BCUT2D eigenvalue weighted by molar-refractivity contribution is -0.140. The minimum absolute atomic E-state index is 0.0143. The van der Waals surface area contributed by atoms with Gasteiger partial charge in [0.2, 0.25) is 0 Å². The summed E-state index contributed by atoms with van der Waals surface area (Å²) in [5.41, 5.74) is 1.41. The summed E-state index contributed by atoms with van der Waals surface area (Å²) in [6.07, 6.45) is 0. The van der Waals surface area contributed by atoms with Crippen molar-refractivity contribution in [3.8, 4) is 0 Å².